The van der Waals surface area contributed by atoms with E-state index in [1.807, 2.05) is 6.07 Å². The zero-order chi connectivity index (χ0) is 16.7. The van der Waals surface area contributed by atoms with Crippen molar-refractivity contribution in [3.63, 3.8) is 0 Å². The van der Waals surface area contributed by atoms with Crippen molar-refractivity contribution < 1.29 is 13.9 Å². The first-order valence-electron chi connectivity index (χ1n) is 7.43. The van der Waals surface area contributed by atoms with Crippen LogP contribution in [-0.4, -0.2) is 17.4 Å². The molecule has 1 aliphatic heterocycles. The van der Waals surface area contributed by atoms with Crippen molar-refractivity contribution in [1.29, 1.82) is 0 Å². The van der Waals surface area contributed by atoms with Crippen molar-refractivity contribution in [2.24, 2.45) is 0 Å². The molecule has 7 heteroatoms. The minimum atomic E-state index is -0.483. The van der Waals surface area contributed by atoms with Crippen LogP contribution in [0.2, 0.25) is 0 Å². The molecule has 0 saturated carbocycles. The van der Waals surface area contributed by atoms with E-state index in [1.54, 1.807) is 40.6 Å². The average Bonchev–Trinajstić information content (AvgIpc) is 3.14. The van der Waals surface area contributed by atoms with Crippen molar-refractivity contribution >= 4 is 55.7 Å². The summed E-state index contributed by atoms with van der Waals surface area (Å²) in [6, 6.07) is 8.34. The van der Waals surface area contributed by atoms with Crippen LogP contribution < -0.4 is 9.64 Å². The van der Waals surface area contributed by atoms with Crippen LogP contribution >= 0.6 is 33.9 Å². The number of aromatic nitrogens is 1. The smallest absolute Gasteiger partial charge is 0.227 e. The van der Waals surface area contributed by atoms with Gasteiger partial charge in [0, 0.05) is 37.0 Å². The predicted octanol–water partition coefficient (Wildman–Crippen LogP) is 4.96. The van der Waals surface area contributed by atoms with Gasteiger partial charge in [0.1, 0.15) is 5.75 Å². The van der Waals surface area contributed by atoms with Gasteiger partial charge < -0.3 is 9.64 Å². The summed E-state index contributed by atoms with van der Waals surface area (Å²) >= 11 is 3.78. The fourth-order valence-electron chi connectivity index (χ4n) is 2.75. The molecule has 2 aromatic heterocycles. The van der Waals surface area contributed by atoms with Gasteiger partial charge in [-0.2, -0.15) is 0 Å². The van der Waals surface area contributed by atoms with E-state index in [2.05, 4.69) is 27.6 Å². The first-order valence-corrected chi connectivity index (χ1v) is 9.33. The molecule has 24 heavy (non-hydrogen) atoms. The van der Waals surface area contributed by atoms with E-state index in [0.29, 0.717) is 24.4 Å². The largest absolute Gasteiger partial charge is 0.453 e. The van der Waals surface area contributed by atoms with E-state index in [4.69, 9.17) is 4.74 Å². The Morgan fingerprint density at radius 1 is 1.25 bits per heavy atom. The monoisotopic (exact) mass is 454 g/mol. The molecule has 1 aromatic carbocycles. The minimum Gasteiger partial charge on any atom is -0.453 e. The van der Waals surface area contributed by atoms with Gasteiger partial charge in [0.15, 0.2) is 11.6 Å². The van der Waals surface area contributed by atoms with Crippen LogP contribution in [0.3, 0.4) is 0 Å². The molecule has 0 atom stereocenters. The Morgan fingerprint density at radius 3 is 2.88 bits per heavy atom. The van der Waals surface area contributed by atoms with Gasteiger partial charge in [0.2, 0.25) is 5.91 Å². The Labute approximate surface area is 155 Å². The van der Waals surface area contributed by atoms with Gasteiger partial charge in [0.05, 0.1) is 13.1 Å². The molecule has 1 aliphatic rings. The van der Waals surface area contributed by atoms with Gasteiger partial charge >= 0.3 is 0 Å². The maximum Gasteiger partial charge on any atom is 0.227 e. The number of ether oxygens (including phenoxy) is 1. The van der Waals surface area contributed by atoms with Gasteiger partial charge in [-0.1, -0.05) is 0 Å². The van der Waals surface area contributed by atoms with Gasteiger partial charge in [-0.15, -0.1) is 11.3 Å². The lowest BCUT2D eigenvalue weighted by molar-refractivity contribution is -0.117. The Bertz CT molecular complexity index is 943. The van der Waals surface area contributed by atoms with Crippen LogP contribution in [0, 0.1) is 8.70 Å². The first-order chi connectivity index (χ1) is 11.6. The molecular weight excluding hydrogens is 442 g/mol. The van der Waals surface area contributed by atoms with Crippen molar-refractivity contribution in [3.05, 3.63) is 45.2 Å². The third-order valence-corrected chi connectivity index (χ3v) is 5.77. The van der Waals surface area contributed by atoms with Gasteiger partial charge in [-0.25, -0.2) is 4.39 Å². The Kier molecular flexibility index (Phi) is 4.13. The standard InChI is InChI=1S/C17H12FIN2O2S/c18-11-8-10(21-7-1-2-16(21)22)3-4-13(11)23-14-5-6-20-12-9-15(19)24-17(12)14/h3-6,8-9H,1-2,7H2. The maximum absolute atomic E-state index is 14.4. The lowest BCUT2D eigenvalue weighted by atomic mass is 10.2. The number of carbonyl (C=O) groups excluding carboxylic acids is 1. The second-order valence-corrected chi connectivity index (χ2v) is 8.39. The molecule has 0 aliphatic carbocycles. The van der Waals surface area contributed by atoms with Gasteiger partial charge in [-0.3, -0.25) is 9.78 Å². The Hall–Kier alpha value is -1.74. The number of pyridine rings is 1. The number of nitrogens with zero attached hydrogens (tertiary/aromatic N) is 2. The summed E-state index contributed by atoms with van der Waals surface area (Å²) in [5.74, 6) is 0.272. The molecule has 0 bridgehead atoms. The summed E-state index contributed by atoms with van der Waals surface area (Å²) in [4.78, 5) is 17.7. The molecule has 0 radical (unpaired) electrons. The number of anilines is 1. The number of thiophene rings is 1. The summed E-state index contributed by atoms with van der Waals surface area (Å²) in [6.45, 7) is 0.636. The van der Waals surface area contributed by atoms with Crippen molar-refractivity contribution in [1.82, 2.24) is 4.98 Å². The summed E-state index contributed by atoms with van der Waals surface area (Å²) < 4.78 is 22.2. The molecule has 3 aromatic rings. The highest BCUT2D eigenvalue weighted by atomic mass is 127. The fraction of sp³-hybridized carbons (Fsp3) is 0.176. The quantitative estimate of drug-likeness (QED) is 0.526. The predicted molar refractivity (Wildman–Crippen MR) is 100 cm³/mol. The van der Waals surface area contributed by atoms with Crippen LogP contribution in [0.5, 0.6) is 11.5 Å². The maximum atomic E-state index is 14.4. The fourth-order valence-corrected chi connectivity index (χ4v) is 4.49. The van der Waals surface area contributed by atoms with E-state index in [0.717, 1.165) is 19.5 Å². The van der Waals surface area contributed by atoms with Crippen molar-refractivity contribution in [3.8, 4) is 11.5 Å². The molecule has 1 saturated heterocycles. The molecule has 0 unspecified atom stereocenters. The number of rotatable bonds is 3. The number of carbonyl (C=O) groups is 1. The number of benzene rings is 1. The zero-order valence-corrected chi connectivity index (χ0v) is 15.4. The average molecular weight is 454 g/mol. The molecule has 4 rings (SSSR count). The summed E-state index contributed by atoms with van der Waals surface area (Å²) in [5, 5.41) is 0. The molecule has 4 nitrogen and oxygen atoms in total. The van der Waals surface area contributed by atoms with E-state index in [1.165, 1.54) is 6.07 Å². The van der Waals surface area contributed by atoms with Crippen LogP contribution in [0.25, 0.3) is 10.2 Å². The number of amides is 1. The topological polar surface area (TPSA) is 42.4 Å². The van der Waals surface area contributed by atoms with E-state index in [9.17, 15) is 9.18 Å². The number of hydrogen-bond donors (Lipinski definition) is 0. The number of halogens is 2. The summed E-state index contributed by atoms with van der Waals surface area (Å²) in [7, 11) is 0. The molecule has 122 valence electrons. The van der Waals surface area contributed by atoms with E-state index < -0.39 is 5.82 Å². The highest BCUT2D eigenvalue weighted by molar-refractivity contribution is 14.1. The molecule has 0 spiro atoms. The lowest BCUT2D eigenvalue weighted by Crippen LogP contribution is -2.23. The number of fused-ring (bicyclic) bond motifs is 1. The molecular formula is C17H12FIN2O2S. The zero-order valence-electron chi connectivity index (χ0n) is 12.5. The molecule has 1 amide bonds. The van der Waals surface area contributed by atoms with Crippen LogP contribution in [0.4, 0.5) is 10.1 Å². The molecule has 3 heterocycles. The minimum absolute atomic E-state index is 0.0343. The summed E-state index contributed by atoms with van der Waals surface area (Å²) in [6.07, 6.45) is 2.98. The molecule has 1 fully saturated rings. The van der Waals surface area contributed by atoms with Gasteiger partial charge in [0.25, 0.3) is 0 Å². The molecule has 0 N–H and O–H groups in total. The highest BCUT2D eigenvalue weighted by Gasteiger charge is 2.22. The second-order valence-electron chi connectivity index (χ2n) is 5.44. The number of hydrogen-bond acceptors (Lipinski definition) is 4. The first kappa shape index (κ1) is 15.8. The SMILES string of the molecule is O=C1CCCN1c1ccc(Oc2ccnc3cc(I)sc23)c(F)c1. The van der Waals surface area contributed by atoms with Gasteiger partial charge in [-0.05, 0) is 47.2 Å². The Morgan fingerprint density at radius 2 is 2.12 bits per heavy atom. The third kappa shape index (κ3) is 2.86. The lowest BCUT2D eigenvalue weighted by Gasteiger charge is -2.16. The van der Waals surface area contributed by atoms with Crippen molar-refractivity contribution in [2.45, 2.75) is 12.8 Å². The van der Waals surface area contributed by atoms with Crippen LogP contribution in [-0.2, 0) is 4.79 Å². The highest BCUT2D eigenvalue weighted by Crippen LogP contribution is 2.37. The van der Waals surface area contributed by atoms with E-state index >= 15 is 0 Å². The van der Waals surface area contributed by atoms with Crippen LogP contribution in [0.1, 0.15) is 12.8 Å². The summed E-state index contributed by atoms with van der Waals surface area (Å²) in [5.41, 5.74) is 1.41. The third-order valence-electron chi connectivity index (χ3n) is 3.87. The van der Waals surface area contributed by atoms with Crippen LogP contribution in [0.15, 0.2) is 36.5 Å². The normalized spacial score (nSPS) is 14.6. The van der Waals surface area contributed by atoms with E-state index in [-0.39, 0.29) is 11.7 Å². The Balaban J connectivity index is 1.66. The van der Waals surface area contributed by atoms with Crippen molar-refractivity contribution in [2.75, 3.05) is 11.4 Å². The second kappa shape index (κ2) is 6.29.